The van der Waals surface area contributed by atoms with Gasteiger partial charge in [0, 0.05) is 44.3 Å². The molecule has 0 aliphatic carbocycles. The smallest absolute Gasteiger partial charge is 0.227 e. The lowest BCUT2D eigenvalue weighted by Crippen LogP contribution is -2.52. The zero-order valence-corrected chi connectivity index (χ0v) is 17.5. The number of hydrogen-bond acceptors (Lipinski definition) is 5. The Morgan fingerprint density at radius 1 is 1.29 bits per heavy atom. The first kappa shape index (κ1) is 22.1. The van der Waals surface area contributed by atoms with E-state index in [2.05, 4.69) is 39.7 Å². The third-order valence-electron chi connectivity index (χ3n) is 4.66. The summed E-state index contributed by atoms with van der Waals surface area (Å²) in [6, 6.07) is 3.73. The van der Waals surface area contributed by atoms with Crippen LogP contribution in [0, 0.1) is 6.92 Å². The summed E-state index contributed by atoms with van der Waals surface area (Å²) in [5.41, 5.74) is 1.02. The first-order valence-electron chi connectivity index (χ1n) is 9.98. The number of guanidine groups is 1. The molecule has 2 rings (SSSR count). The van der Waals surface area contributed by atoms with Crippen molar-refractivity contribution in [3.63, 3.8) is 0 Å². The summed E-state index contributed by atoms with van der Waals surface area (Å²) in [4.78, 5) is 23.4. The molecule has 0 atom stereocenters. The van der Waals surface area contributed by atoms with Crippen LogP contribution in [0.25, 0.3) is 0 Å². The second-order valence-electron chi connectivity index (χ2n) is 7.55. The van der Waals surface area contributed by atoms with Crippen LogP contribution in [0.3, 0.4) is 0 Å². The molecule has 2 heterocycles. The molecule has 0 aromatic carbocycles. The summed E-state index contributed by atoms with van der Waals surface area (Å²) in [5, 5.41) is 9.28. The van der Waals surface area contributed by atoms with E-state index in [-0.39, 0.29) is 11.4 Å². The van der Waals surface area contributed by atoms with Crippen LogP contribution in [0.2, 0.25) is 0 Å². The molecular weight excluding hydrogens is 356 g/mol. The van der Waals surface area contributed by atoms with Crippen molar-refractivity contribution < 1.29 is 9.53 Å². The molecule has 0 spiro atoms. The number of morpholine rings is 1. The number of pyridine rings is 1. The highest BCUT2D eigenvalue weighted by Gasteiger charge is 2.28. The minimum absolute atomic E-state index is 0.0411. The zero-order valence-electron chi connectivity index (χ0n) is 17.5. The van der Waals surface area contributed by atoms with E-state index < -0.39 is 0 Å². The highest BCUT2D eigenvalue weighted by atomic mass is 16.5. The summed E-state index contributed by atoms with van der Waals surface area (Å²) in [7, 11) is 0. The Kier molecular flexibility index (Phi) is 8.66. The van der Waals surface area contributed by atoms with Gasteiger partial charge in [-0.05, 0) is 39.3 Å². The van der Waals surface area contributed by atoms with E-state index in [9.17, 15) is 4.79 Å². The maximum atomic E-state index is 12.1. The van der Waals surface area contributed by atoms with Gasteiger partial charge >= 0.3 is 0 Å². The van der Waals surface area contributed by atoms with E-state index in [1.54, 1.807) is 12.3 Å². The second-order valence-corrected chi connectivity index (χ2v) is 7.55. The number of ether oxygens (including phenoxy) is 1. The molecule has 1 fully saturated rings. The fourth-order valence-electron chi connectivity index (χ4n) is 2.92. The van der Waals surface area contributed by atoms with Crippen molar-refractivity contribution in [2.75, 3.05) is 51.3 Å². The van der Waals surface area contributed by atoms with E-state index in [1.165, 1.54) is 0 Å². The van der Waals surface area contributed by atoms with E-state index in [0.29, 0.717) is 25.3 Å². The predicted molar refractivity (Wildman–Crippen MR) is 113 cm³/mol. The fourth-order valence-corrected chi connectivity index (χ4v) is 2.92. The minimum atomic E-state index is -0.0756. The minimum Gasteiger partial charge on any atom is -0.379 e. The van der Waals surface area contributed by atoms with Gasteiger partial charge in [-0.25, -0.2) is 4.98 Å². The molecule has 0 radical (unpaired) electrons. The Balaban J connectivity index is 1.80. The van der Waals surface area contributed by atoms with Crippen LogP contribution in [-0.2, 0) is 9.53 Å². The average molecular weight is 391 g/mol. The van der Waals surface area contributed by atoms with E-state index in [4.69, 9.17) is 9.73 Å². The van der Waals surface area contributed by atoms with Crippen molar-refractivity contribution in [2.24, 2.45) is 4.99 Å². The fraction of sp³-hybridized carbons (Fsp3) is 0.650. The largest absolute Gasteiger partial charge is 0.379 e. The number of nitrogens with one attached hydrogen (secondary N) is 3. The Hall–Kier alpha value is -2.19. The van der Waals surface area contributed by atoms with Gasteiger partial charge in [0.25, 0.3) is 0 Å². The number of carbonyl (C=O) groups excluding carboxylic acids is 1. The van der Waals surface area contributed by atoms with Crippen LogP contribution in [-0.4, -0.2) is 73.2 Å². The maximum Gasteiger partial charge on any atom is 0.227 e. The number of anilines is 1. The monoisotopic (exact) mass is 390 g/mol. The molecule has 1 aromatic rings. The molecule has 0 unspecified atom stereocenters. The van der Waals surface area contributed by atoms with Gasteiger partial charge in [-0.2, -0.15) is 0 Å². The van der Waals surface area contributed by atoms with Crippen molar-refractivity contribution in [3.8, 4) is 0 Å². The first-order chi connectivity index (χ1) is 13.4. The van der Waals surface area contributed by atoms with Crippen molar-refractivity contribution in [1.29, 1.82) is 0 Å². The SMILES string of the molecule is CCNC(=NCC(C)(C)N1CCOCC1)NCCC(=O)Nc1ccc(C)cn1. The Morgan fingerprint density at radius 3 is 2.68 bits per heavy atom. The highest BCUT2D eigenvalue weighted by molar-refractivity contribution is 5.90. The maximum absolute atomic E-state index is 12.1. The number of nitrogens with zero attached hydrogens (tertiary/aromatic N) is 3. The molecule has 1 saturated heterocycles. The normalized spacial score (nSPS) is 15.9. The topological polar surface area (TPSA) is 90.9 Å². The predicted octanol–water partition coefficient (Wildman–Crippen LogP) is 1.38. The molecule has 3 N–H and O–H groups in total. The Bertz CT molecular complexity index is 639. The number of amides is 1. The van der Waals surface area contributed by atoms with Gasteiger partial charge in [0.2, 0.25) is 5.91 Å². The molecule has 8 heteroatoms. The number of aliphatic imine (C=N–C) groups is 1. The third kappa shape index (κ3) is 7.44. The van der Waals surface area contributed by atoms with Crippen LogP contribution in [0.1, 0.15) is 32.8 Å². The van der Waals surface area contributed by atoms with Crippen molar-refractivity contribution in [3.05, 3.63) is 23.9 Å². The van der Waals surface area contributed by atoms with E-state index >= 15 is 0 Å². The standard InChI is InChI=1S/C20H34N6O2/c1-5-21-19(24-15-20(3,4)26-10-12-28-13-11-26)22-9-8-18(27)25-17-7-6-16(2)14-23-17/h6-7,14H,5,8-13,15H2,1-4H3,(H2,21,22,24)(H,23,25,27). The molecule has 1 aliphatic heterocycles. The van der Waals surface area contributed by atoms with Gasteiger partial charge in [0.1, 0.15) is 5.82 Å². The molecule has 1 aromatic heterocycles. The second kappa shape index (κ2) is 11.0. The number of aryl methyl sites for hydroxylation is 1. The van der Waals surface area contributed by atoms with Gasteiger partial charge in [0.05, 0.1) is 19.8 Å². The molecule has 28 heavy (non-hydrogen) atoms. The Labute approximate surface area is 168 Å². The number of rotatable bonds is 8. The van der Waals surface area contributed by atoms with Gasteiger partial charge in [-0.3, -0.25) is 14.7 Å². The lowest BCUT2D eigenvalue weighted by atomic mass is 10.0. The van der Waals surface area contributed by atoms with E-state index in [0.717, 1.165) is 44.4 Å². The summed E-state index contributed by atoms with van der Waals surface area (Å²) < 4.78 is 5.44. The highest BCUT2D eigenvalue weighted by Crippen LogP contribution is 2.16. The molecule has 1 amide bonds. The number of hydrogen-bond donors (Lipinski definition) is 3. The molecule has 1 aliphatic rings. The van der Waals surface area contributed by atoms with Gasteiger partial charge in [-0.15, -0.1) is 0 Å². The van der Waals surface area contributed by atoms with Crippen molar-refractivity contribution in [1.82, 2.24) is 20.5 Å². The summed E-state index contributed by atoms with van der Waals surface area (Å²) in [6.07, 6.45) is 2.08. The van der Waals surface area contributed by atoms with Crippen LogP contribution in [0.15, 0.2) is 23.3 Å². The van der Waals surface area contributed by atoms with Crippen molar-refractivity contribution >= 4 is 17.7 Å². The number of carbonyl (C=O) groups is 1. The van der Waals surface area contributed by atoms with Crippen LogP contribution < -0.4 is 16.0 Å². The van der Waals surface area contributed by atoms with Crippen LogP contribution in [0.4, 0.5) is 5.82 Å². The third-order valence-corrected chi connectivity index (χ3v) is 4.66. The summed E-state index contributed by atoms with van der Waals surface area (Å²) >= 11 is 0. The molecular formula is C20H34N6O2. The lowest BCUT2D eigenvalue weighted by Gasteiger charge is -2.39. The lowest BCUT2D eigenvalue weighted by molar-refractivity contribution is -0.116. The number of aromatic nitrogens is 1. The van der Waals surface area contributed by atoms with Gasteiger partial charge < -0.3 is 20.7 Å². The summed E-state index contributed by atoms with van der Waals surface area (Å²) in [6.45, 7) is 13.7. The quantitative estimate of drug-likeness (QED) is 0.459. The first-order valence-corrected chi connectivity index (χ1v) is 9.98. The van der Waals surface area contributed by atoms with E-state index in [1.807, 2.05) is 19.9 Å². The zero-order chi connectivity index (χ0) is 20.4. The molecule has 8 nitrogen and oxygen atoms in total. The van der Waals surface area contributed by atoms with Crippen LogP contribution >= 0.6 is 0 Å². The van der Waals surface area contributed by atoms with Gasteiger partial charge in [-0.1, -0.05) is 6.07 Å². The summed E-state index contributed by atoms with van der Waals surface area (Å²) in [5.74, 6) is 1.22. The average Bonchev–Trinajstić information content (AvgIpc) is 2.68. The molecule has 156 valence electrons. The Morgan fingerprint density at radius 2 is 2.04 bits per heavy atom. The molecule has 0 bridgehead atoms. The van der Waals surface area contributed by atoms with Crippen molar-refractivity contribution in [2.45, 2.75) is 39.7 Å². The molecule has 0 saturated carbocycles. The van der Waals surface area contributed by atoms with Crippen LogP contribution in [0.5, 0.6) is 0 Å². The van der Waals surface area contributed by atoms with Gasteiger partial charge in [0.15, 0.2) is 5.96 Å².